The Hall–Kier alpha value is -0.570. The smallest absolute Gasteiger partial charge is 0.0835 e. The molecule has 80 valence electrons. The lowest BCUT2D eigenvalue weighted by Crippen LogP contribution is -2.34. The van der Waals surface area contributed by atoms with Crippen LogP contribution in [0.5, 0.6) is 0 Å². The van der Waals surface area contributed by atoms with Gasteiger partial charge in [-0.1, -0.05) is 44.2 Å². The van der Waals surface area contributed by atoms with E-state index < -0.39 is 0 Å². The molecule has 1 atom stereocenters. The molecule has 0 radical (unpaired) electrons. The third-order valence-corrected chi connectivity index (χ3v) is 2.35. The van der Waals surface area contributed by atoms with Gasteiger partial charge in [0, 0.05) is 0 Å². The summed E-state index contributed by atoms with van der Waals surface area (Å²) in [6, 6.07) is 10.2. The second-order valence-electron chi connectivity index (χ2n) is 3.08. The van der Waals surface area contributed by atoms with Crippen molar-refractivity contribution in [2.45, 2.75) is 20.0 Å². The van der Waals surface area contributed by atoms with E-state index in [4.69, 9.17) is 5.73 Å². The molecule has 0 heterocycles. The third kappa shape index (κ3) is 3.29. The van der Waals surface area contributed by atoms with E-state index in [1.807, 2.05) is 18.2 Å². The largest absolute Gasteiger partial charge is 0.312 e. The summed E-state index contributed by atoms with van der Waals surface area (Å²) in [5.74, 6) is 0. The van der Waals surface area contributed by atoms with Crippen LogP contribution < -0.4 is 5.73 Å². The van der Waals surface area contributed by atoms with Gasteiger partial charge in [0.1, 0.15) is 0 Å². The number of hydrogen-bond acceptors (Lipinski definition) is 2. The highest BCUT2D eigenvalue weighted by molar-refractivity contribution is 5.85. The van der Waals surface area contributed by atoms with E-state index in [-0.39, 0.29) is 18.6 Å². The van der Waals surface area contributed by atoms with Crippen LogP contribution in [-0.4, -0.2) is 18.0 Å². The van der Waals surface area contributed by atoms with Crippen LogP contribution in [0.1, 0.15) is 25.6 Å². The number of nitrogens with two attached hydrogens (primary N) is 1. The van der Waals surface area contributed by atoms with Gasteiger partial charge >= 0.3 is 0 Å². The molecule has 14 heavy (non-hydrogen) atoms. The van der Waals surface area contributed by atoms with Crippen LogP contribution in [0.4, 0.5) is 0 Å². The molecule has 0 fully saturated rings. The summed E-state index contributed by atoms with van der Waals surface area (Å²) in [4.78, 5) is 2.23. The van der Waals surface area contributed by atoms with Gasteiger partial charge in [0.05, 0.1) is 6.17 Å². The van der Waals surface area contributed by atoms with Crippen LogP contribution in [0.15, 0.2) is 30.3 Å². The highest BCUT2D eigenvalue weighted by atomic mass is 35.5. The van der Waals surface area contributed by atoms with Crippen molar-refractivity contribution in [2.75, 3.05) is 13.1 Å². The Morgan fingerprint density at radius 3 is 2.07 bits per heavy atom. The highest BCUT2D eigenvalue weighted by Gasteiger charge is 2.11. The van der Waals surface area contributed by atoms with Crippen molar-refractivity contribution < 1.29 is 0 Å². The topological polar surface area (TPSA) is 29.3 Å². The first-order chi connectivity index (χ1) is 6.29. The maximum Gasteiger partial charge on any atom is 0.0835 e. The summed E-state index contributed by atoms with van der Waals surface area (Å²) in [6.45, 7) is 6.25. The van der Waals surface area contributed by atoms with Crippen molar-refractivity contribution in [3.63, 3.8) is 0 Å². The first kappa shape index (κ1) is 13.4. The standard InChI is InChI=1S/C11H18N2.ClH/c1-3-13(4-2)11(12)10-8-6-5-7-9-10;/h5-9,11H,3-4,12H2,1-2H3;1H. The molecule has 1 rings (SSSR count). The molecular weight excluding hydrogens is 196 g/mol. The Morgan fingerprint density at radius 1 is 1.14 bits per heavy atom. The van der Waals surface area contributed by atoms with Crippen LogP contribution in [0, 0.1) is 0 Å². The van der Waals surface area contributed by atoms with Crippen molar-refractivity contribution in [1.82, 2.24) is 4.90 Å². The van der Waals surface area contributed by atoms with E-state index in [1.165, 1.54) is 5.56 Å². The average Bonchev–Trinajstić information content (AvgIpc) is 2.21. The highest BCUT2D eigenvalue weighted by Crippen LogP contribution is 2.13. The van der Waals surface area contributed by atoms with Crippen LogP contribution in [0.2, 0.25) is 0 Å². The molecule has 0 bridgehead atoms. The van der Waals surface area contributed by atoms with E-state index in [1.54, 1.807) is 0 Å². The van der Waals surface area contributed by atoms with Gasteiger partial charge in [-0.2, -0.15) is 0 Å². The molecule has 0 aliphatic carbocycles. The molecule has 1 aromatic carbocycles. The molecule has 0 saturated heterocycles. The fraction of sp³-hybridized carbons (Fsp3) is 0.455. The van der Waals surface area contributed by atoms with Crippen molar-refractivity contribution in [1.29, 1.82) is 0 Å². The normalized spacial score (nSPS) is 12.3. The molecule has 2 N–H and O–H groups in total. The number of benzene rings is 1. The predicted octanol–water partition coefficient (Wildman–Crippen LogP) is 2.41. The Balaban J connectivity index is 0.00000169. The maximum atomic E-state index is 6.09. The molecule has 0 aliphatic rings. The second kappa shape index (κ2) is 6.82. The lowest BCUT2D eigenvalue weighted by molar-refractivity contribution is 0.224. The Kier molecular flexibility index (Phi) is 6.54. The minimum atomic E-state index is 0. The van der Waals surface area contributed by atoms with Gasteiger partial charge in [-0.15, -0.1) is 12.4 Å². The molecule has 2 nitrogen and oxygen atoms in total. The van der Waals surface area contributed by atoms with Gasteiger partial charge in [-0.05, 0) is 18.7 Å². The molecule has 3 heteroatoms. The molecule has 0 aromatic heterocycles. The summed E-state index contributed by atoms with van der Waals surface area (Å²) < 4.78 is 0. The predicted molar refractivity (Wildman–Crippen MR) is 63.5 cm³/mol. The zero-order valence-corrected chi connectivity index (χ0v) is 9.63. The number of halogens is 1. The molecule has 0 saturated carbocycles. The third-order valence-electron chi connectivity index (χ3n) is 2.35. The summed E-state index contributed by atoms with van der Waals surface area (Å²) in [6.07, 6.45) is 0.0381. The number of nitrogens with zero attached hydrogens (tertiary/aromatic N) is 1. The minimum Gasteiger partial charge on any atom is -0.312 e. The fourth-order valence-electron chi connectivity index (χ4n) is 1.48. The molecule has 0 spiro atoms. The van der Waals surface area contributed by atoms with E-state index >= 15 is 0 Å². The SMILES string of the molecule is CCN(CC)C(N)c1ccccc1.Cl. The van der Waals surface area contributed by atoms with Crippen LogP contribution in [0.3, 0.4) is 0 Å². The first-order valence-corrected chi connectivity index (χ1v) is 4.84. The molecular formula is C11H19ClN2. The lowest BCUT2D eigenvalue weighted by atomic mass is 10.1. The Morgan fingerprint density at radius 2 is 1.64 bits per heavy atom. The van der Waals surface area contributed by atoms with Crippen molar-refractivity contribution in [2.24, 2.45) is 5.73 Å². The van der Waals surface area contributed by atoms with Gasteiger partial charge < -0.3 is 5.73 Å². The van der Waals surface area contributed by atoms with Gasteiger partial charge in [0.15, 0.2) is 0 Å². The van der Waals surface area contributed by atoms with Crippen molar-refractivity contribution in [3.05, 3.63) is 35.9 Å². The Bertz CT molecular complexity index is 234. The van der Waals surface area contributed by atoms with Crippen LogP contribution in [-0.2, 0) is 0 Å². The summed E-state index contributed by atoms with van der Waals surface area (Å²) in [7, 11) is 0. The zero-order chi connectivity index (χ0) is 9.68. The quantitative estimate of drug-likeness (QED) is 0.781. The number of hydrogen-bond donors (Lipinski definition) is 1. The maximum absolute atomic E-state index is 6.09. The summed E-state index contributed by atoms with van der Waals surface area (Å²) in [5.41, 5.74) is 7.27. The minimum absolute atomic E-state index is 0. The van der Waals surface area contributed by atoms with Crippen LogP contribution in [0.25, 0.3) is 0 Å². The average molecular weight is 215 g/mol. The van der Waals surface area contributed by atoms with Crippen LogP contribution >= 0.6 is 12.4 Å². The molecule has 0 aliphatic heterocycles. The van der Waals surface area contributed by atoms with Gasteiger partial charge in [0.25, 0.3) is 0 Å². The van der Waals surface area contributed by atoms with Gasteiger partial charge in [-0.3, -0.25) is 4.90 Å². The number of rotatable bonds is 4. The van der Waals surface area contributed by atoms with Crippen molar-refractivity contribution in [3.8, 4) is 0 Å². The first-order valence-electron chi connectivity index (χ1n) is 4.84. The van der Waals surface area contributed by atoms with E-state index in [0.717, 1.165) is 13.1 Å². The fourth-order valence-corrected chi connectivity index (χ4v) is 1.48. The van der Waals surface area contributed by atoms with Gasteiger partial charge in [-0.25, -0.2) is 0 Å². The summed E-state index contributed by atoms with van der Waals surface area (Å²) in [5, 5.41) is 0. The molecule has 0 amide bonds. The lowest BCUT2D eigenvalue weighted by Gasteiger charge is -2.26. The van der Waals surface area contributed by atoms with Gasteiger partial charge in [0.2, 0.25) is 0 Å². The van der Waals surface area contributed by atoms with E-state index in [9.17, 15) is 0 Å². The molecule has 1 unspecified atom stereocenters. The van der Waals surface area contributed by atoms with E-state index in [0.29, 0.717) is 0 Å². The summed E-state index contributed by atoms with van der Waals surface area (Å²) >= 11 is 0. The monoisotopic (exact) mass is 214 g/mol. The Labute approximate surface area is 92.5 Å². The van der Waals surface area contributed by atoms with E-state index in [2.05, 4.69) is 30.9 Å². The zero-order valence-electron chi connectivity index (χ0n) is 8.81. The van der Waals surface area contributed by atoms with Crippen molar-refractivity contribution >= 4 is 12.4 Å². The second-order valence-corrected chi connectivity index (χ2v) is 3.08. The molecule has 1 aromatic rings.